The lowest BCUT2D eigenvalue weighted by molar-refractivity contribution is -0.181. The van der Waals surface area contributed by atoms with E-state index < -0.39 is 75.9 Å². The SMILES string of the molecule is CN(C)[C@@H]1C(=O)C(C(N)=O)C(=O)[C@@]2(O)C(=O)C3C(=O)c4c(O)cc(CNCC56CC7CC(CC(C7)C5)C6)c(F)c4C[C@H]3C[C@@H]12. The molecule has 8 rings (SSSR count). The van der Waals surface area contributed by atoms with Crippen LogP contribution in [0.5, 0.6) is 5.75 Å². The normalized spacial score (nSPS) is 40.7. The summed E-state index contributed by atoms with van der Waals surface area (Å²) < 4.78 is 16.1. The Hall–Kier alpha value is -3.02. The number of primary amides is 1. The third-order valence-electron chi connectivity index (χ3n) is 12.1. The summed E-state index contributed by atoms with van der Waals surface area (Å²) in [6.45, 7) is 0.949. The maximum absolute atomic E-state index is 16.1. The summed E-state index contributed by atoms with van der Waals surface area (Å²) in [5, 5.41) is 26.1. The number of phenolic OH excluding ortho intramolecular Hbond substituents is 1. The van der Waals surface area contributed by atoms with Crippen LogP contribution in [0.1, 0.15) is 66.4 Å². The van der Waals surface area contributed by atoms with Crippen LogP contribution in [0, 0.1) is 52.7 Å². The van der Waals surface area contributed by atoms with Crippen molar-refractivity contribution in [1.82, 2.24) is 10.2 Å². The molecule has 5 N–H and O–H groups in total. The number of hydrogen-bond acceptors (Lipinski definition) is 9. The van der Waals surface area contributed by atoms with Crippen molar-refractivity contribution >= 4 is 29.0 Å². The average Bonchev–Trinajstić information content (AvgIpc) is 2.92. The Morgan fingerprint density at radius 2 is 1.66 bits per heavy atom. The molecular weight excluding hydrogens is 569 g/mol. The molecule has 0 saturated heterocycles. The number of nitrogens with two attached hydrogens (primary N) is 1. The Kier molecular flexibility index (Phi) is 6.74. The molecule has 6 atom stereocenters. The molecule has 0 heterocycles. The van der Waals surface area contributed by atoms with Gasteiger partial charge in [0.05, 0.1) is 17.5 Å². The van der Waals surface area contributed by atoms with Gasteiger partial charge >= 0.3 is 0 Å². The van der Waals surface area contributed by atoms with Crippen molar-refractivity contribution in [2.45, 2.75) is 69.6 Å². The largest absolute Gasteiger partial charge is 0.507 e. The molecule has 10 nitrogen and oxygen atoms in total. The van der Waals surface area contributed by atoms with E-state index in [1.807, 2.05) is 0 Å². The van der Waals surface area contributed by atoms with E-state index in [0.29, 0.717) is 0 Å². The van der Waals surface area contributed by atoms with Crippen LogP contribution in [0.15, 0.2) is 6.07 Å². The fourth-order valence-electron chi connectivity index (χ4n) is 10.8. The molecule has 0 aliphatic heterocycles. The molecule has 7 aliphatic carbocycles. The second-order valence-electron chi connectivity index (χ2n) is 15.0. The number of phenols is 1. The quantitative estimate of drug-likeness (QED) is 0.348. The zero-order valence-corrected chi connectivity index (χ0v) is 25.1. The van der Waals surface area contributed by atoms with Gasteiger partial charge in [0.25, 0.3) is 0 Å². The number of ketones is 4. The number of rotatable bonds is 6. The first-order chi connectivity index (χ1) is 20.8. The average molecular weight is 610 g/mol. The minimum absolute atomic E-state index is 0.00553. The lowest BCUT2D eigenvalue weighted by Gasteiger charge is -2.57. The first-order valence-corrected chi connectivity index (χ1v) is 15.8. The number of carbonyl (C=O) groups is 5. The number of carbonyl (C=O) groups excluding carboxylic acids is 5. The number of hydrogen-bond donors (Lipinski definition) is 4. The van der Waals surface area contributed by atoms with E-state index in [1.165, 1.54) is 63.6 Å². The number of Topliss-reactive ketones (excluding diaryl/α,β-unsaturated/α-hetero) is 4. The van der Waals surface area contributed by atoms with Gasteiger partial charge in [-0.2, -0.15) is 0 Å². The van der Waals surface area contributed by atoms with Crippen molar-refractivity contribution < 1.29 is 38.6 Å². The topological polar surface area (TPSA) is 167 Å². The minimum Gasteiger partial charge on any atom is -0.507 e. The van der Waals surface area contributed by atoms with Crippen LogP contribution in [-0.2, 0) is 32.1 Å². The summed E-state index contributed by atoms with van der Waals surface area (Å²) >= 11 is 0. The molecule has 0 aromatic heterocycles. The molecule has 4 bridgehead atoms. The van der Waals surface area contributed by atoms with Gasteiger partial charge < -0.3 is 21.3 Å². The van der Waals surface area contributed by atoms with E-state index in [2.05, 4.69) is 5.32 Å². The molecule has 11 heteroatoms. The van der Waals surface area contributed by atoms with Crippen molar-refractivity contribution in [1.29, 1.82) is 0 Å². The minimum atomic E-state index is -2.80. The third kappa shape index (κ3) is 4.11. The zero-order chi connectivity index (χ0) is 31.5. The molecular formula is C33H40FN3O7. The molecule has 2 unspecified atom stereocenters. The van der Waals surface area contributed by atoms with E-state index in [4.69, 9.17) is 5.73 Å². The highest BCUT2D eigenvalue weighted by molar-refractivity contribution is 6.32. The molecule has 1 amide bonds. The Balaban J connectivity index is 1.17. The van der Waals surface area contributed by atoms with Crippen molar-refractivity contribution in [2.24, 2.45) is 52.6 Å². The standard InChI is InChI=1S/C33H40FN3O7/c1-37(2)26-20-7-17-6-19-23(27(39)22(17)29(41)33(20,44)30(42)24(28(26)40)31(35)43)21(38)8-18(25(19)34)12-36-13-32-9-14-3-15(10-32)5-16(4-14)11-32/h8,14-17,20,22,24,26,36,38,44H,3-7,9-13H2,1-2H3,(H2,35,43)/t14?,15?,16?,17-,20-,22?,24?,26-,32?,33-/m0/s1. The van der Waals surface area contributed by atoms with E-state index >= 15 is 4.39 Å². The molecule has 6 fully saturated rings. The van der Waals surface area contributed by atoms with Gasteiger partial charge in [0, 0.05) is 30.1 Å². The number of benzene rings is 1. The summed E-state index contributed by atoms with van der Waals surface area (Å²) in [5.74, 6) is -9.79. The number of nitrogens with one attached hydrogen (secondary N) is 1. The molecule has 236 valence electrons. The summed E-state index contributed by atoms with van der Waals surface area (Å²) in [6, 6.07) is 0.0226. The third-order valence-corrected chi connectivity index (χ3v) is 12.1. The second kappa shape index (κ2) is 9.99. The number of nitrogens with zero attached hydrogens (tertiary/aromatic N) is 1. The number of aliphatic hydroxyl groups is 1. The van der Waals surface area contributed by atoms with Crippen molar-refractivity contribution in [3.63, 3.8) is 0 Å². The first-order valence-electron chi connectivity index (χ1n) is 15.8. The van der Waals surface area contributed by atoms with E-state index in [1.54, 1.807) is 0 Å². The number of halogens is 1. The van der Waals surface area contributed by atoms with E-state index in [9.17, 15) is 34.2 Å². The van der Waals surface area contributed by atoms with Crippen LogP contribution in [0.3, 0.4) is 0 Å². The highest BCUT2D eigenvalue weighted by Gasteiger charge is 2.69. The highest BCUT2D eigenvalue weighted by atomic mass is 19.1. The molecule has 1 aromatic carbocycles. The van der Waals surface area contributed by atoms with Crippen molar-refractivity contribution in [3.05, 3.63) is 28.6 Å². The smallest absolute Gasteiger partial charge is 0.235 e. The van der Waals surface area contributed by atoms with Gasteiger partial charge in [0.15, 0.2) is 34.7 Å². The Morgan fingerprint density at radius 3 is 2.23 bits per heavy atom. The lowest BCUT2D eigenvalue weighted by atomic mass is 9.49. The Labute approximate surface area is 254 Å². The van der Waals surface area contributed by atoms with Crippen LogP contribution in [0.2, 0.25) is 0 Å². The summed E-state index contributed by atoms with van der Waals surface area (Å²) in [7, 11) is 3.05. The molecule has 1 aromatic rings. The van der Waals surface area contributed by atoms with Gasteiger partial charge in [-0.15, -0.1) is 0 Å². The van der Waals surface area contributed by atoms with Crippen molar-refractivity contribution in [3.8, 4) is 5.75 Å². The van der Waals surface area contributed by atoms with Crippen molar-refractivity contribution in [2.75, 3.05) is 20.6 Å². The first kappa shape index (κ1) is 29.7. The fourth-order valence-corrected chi connectivity index (χ4v) is 10.8. The van der Waals surface area contributed by atoms with Gasteiger partial charge in [-0.1, -0.05) is 0 Å². The number of aromatic hydroxyl groups is 1. The highest BCUT2D eigenvalue weighted by Crippen LogP contribution is 2.60. The Bertz CT molecular complexity index is 1470. The molecule has 6 saturated carbocycles. The van der Waals surface area contributed by atoms with Gasteiger partial charge in [-0.25, -0.2) is 4.39 Å². The van der Waals surface area contributed by atoms with Gasteiger partial charge in [0.2, 0.25) is 5.91 Å². The van der Waals surface area contributed by atoms with Gasteiger partial charge in [0.1, 0.15) is 11.6 Å². The summed E-state index contributed by atoms with van der Waals surface area (Å²) in [5.41, 5.74) is 2.70. The zero-order valence-electron chi connectivity index (χ0n) is 25.1. The molecule has 0 spiro atoms. The van der Waals surface area contributed by atoms with Crippen LogP contribution in [0.4, 0.5) is 4.39 Å². The monoisotopic (exact) mass is 609 g/mol. The fraction of sp³-hybridized carbons (Fsp3) is 0.667. The summed E-state index contributed by atoms with van der Waals surface area (Å²) in [6.07, 6.45) is 7.37. The lowest BCUT2D eigenvalue weighted by Crippen LogP contribution is -2.74. The number of fused-ring (bicyclic) bond motifs is 3. The molecule has 7 aliphatic rings. The predicted octanol–water partition coefficient (Wildman–Crippen LogP) is 1.31. The second-order valence-corrected chi connectivity index (χ2v) is 15.0. The Morgan fingerprint density at radius 1 is 1.05 bits per heavy atom. The maximum Gasteiger partial charge on any atom is 0.235 e. The van der Waals surface area contributed by atoms with Gasteiger partial charge in [-0.05, 0) is 101 Å². The van der Waals surface area contributed by atoms with Crippen LogP contribution >= 0.6 is 0 Å². The van der Waals surface area contributed by atoms with Crippen LogP contribution < -0.4 is 11.1 Å². The van der Waals surface area contributed by atoms with E-state index in [0.717, 1.165) is 24.3 Å². The van der Waals surface area contributed by atoms with E-state index in [-0.39, 0.29) is 41.5 Å². The maximum atomic E-state index is 16.1. The number of amides is 1. The van der Waals surface area contributed by atoms with Crippen LogP contribution in [0.25, 0.3) is 0 Å². The predicted molar refractivity (Wildman–Crippen MR) is 154 cm³/mol. The molecule has 0 radical (unpaired) electrons. The molecule has 44 heavy (non-hydrogen) atoms. The number of likely N-dealkylation sites (N-methyl/N-ethyl adjacent to an activating group) is 1. The van der Waals surface area contributed by atoms with Crippen LogP contribution in [-0.4, -0.2) is 76.4 Å². The summed E-state index contributed by atoms with van der Waals surface area (Å²) in [4.78, 5) is 67.8. The van der Waals surface area contributed by atoms with Gasteiger partial charge in [-0.3, -0.25) is 28.9 Å².